The van der Waals surface area contributed by atoms with Crippen LogP contribution in [0.5, 0.6) is 0 Å². The minimum Gasteiger partial charge on any atom is -0.369 e. The number of pyridine rings is 1. The van der Waals surface area contributed by atoms with Crippen molar-refractivity contribution >= 4 is 5.69 Å². The zero-order valence-corrected chi connectivity index (χ0v) is 13.2. The molecule has 1 fully saturated rings. The van der Waals surface area contributed by atoms with Crippen LogP contribution < -0.4 is 10.6 Å². The molecule has 116 valence electrons. The highest BCUT2D eigenvalue weighted by Gasteiger charge is 2.24. The van der Waals surface area contributed by atoms with Crippen molar-refractivity contribution in [1.29, 1.82) is 0 Å². The van der Waals surface area contributed by atoms with Crippen molar-refractivity contribution in [2.75, 3.05) is 37.6 Å². The Bertz CT molecular complexity index is 591. The highest BCUT2D eigenvalue weighted by molar-refractivity contribution is 5.48. The molecule has 1 aromatic carbocycles. The summed E-state index contributed by atoms with van der Waals surface area (Å²) < 4.78 is 0. The predicted octanol–water partition coefficient (Wildman–Crippen LogP) is 2.21. The third kappa shape index (κ3) is 3.29. The van der Waals surface area contributed by atoms with E-state index in [1.54, 1.807) is 0 Å². The molecule has 2 N–H and O–H groups in total. The first-order valence-electron chi connectivity index (χ1n) is 7.93. The van der Waals surface area contributed by atoms with Gasteiger partial charge < -0.3 is 10.6 Å². The number of nitrogens with zero attached hydrogens (tertiary/aromatic N) is 3. The Morgan fingerprint density at radius 2 is 1.95 bits per heavy atom. The van der Waals surface area contributed by atoms with Gasteiger partial charge in [0.15, 0.2) is 0 Å². The van der Waals surface area contributed by atoms with E-state index in [0.717, 1.165) is 26.2 Å². The van der Waals surface area contributed by atoms with Crippen molar-refractivity contribution in [2.24, 2.45) is 5.73 Å². The molecule has 1 aliphatic heterocycles. The summed E-state index contributed by atoms with van der Waals surface area (Å²) in [6.07, 6.45) is 3.75. The Hall–Kier alpha value is -1.91. The highest BCUT2D eigenvalue weighted by atomic mass is 15.3. The smallest absolute Gasteiger partial charge is 0.0487 e. The van der Waals surface area contributed by atoms with Gasteiger partial charge in [-0.3, -0.25) is 9.88 Å². The van der Waals surface area contributed by atoms with Gasteiger partial charge in [0.05, 0.1) is 0 Å². The van der Waals surface area contributed by atoms with Crippen LogP contribution in [0.25, 0.3) is 0 Å². The maximum absolute atomic E-state index is 6.02. The zero-order valence-electron chi connectivity index (χ0n) is 13.2. The fourth-order valence-corrected chi connectivity index (χ4v) is 3.19. The number of hydrogen-bond acceptors (Lipinski definition) is 4. The van der Waals surface area contributed by atoms with Crippen LogP contribution >= 0.6 is 0 Å². The third-order valence-electron chi connectivity index (χ3n) is 4.41. The molecule has 0 aliphatic carbocycles. The second-order valence-electron chi connectivity index (χ2n) is 5.90. The third-order valence-corrected chi connectivity index (χ3v) is 4.41. The molecule has 0 radical (unpaired) electrons. The van der Waals surface area contributed by atoms with Crippen LogP contribution in [0.4, 0.5) is 5.69 Å². The molecule has 1 atom stereocenters. The fraction of sp³-hybridized carbons (Fsp3) is 0.389. The summed E-state index contributed by atoms with van der Waals surface area (Å²) in [6.45, 7) is 6.93. The summed E-state index contributed by atoms with van der Waals surface area (Å²) in [5, 5.41) is 0. The molecule has 4 heteroatoms. The summed E-state index contributed by atoms with van der Waals surface area (Å²) >= 11 is 0. The van der Waals surface area contributed by atoms with Gasteiger partial charge in [0.2, 0.25) is 0 Å². The minimum atomic E-state index is 0.272. The largest absolute Gasteiger partial charge is 0.369 e. The first kappa shape index (κ1) is 15.0. The van der Waals surface area contributed by atoms with Crippen molar-refractivity contribution in [1.82, 2.24) is 9.88 Å². The Balaban J connectivity index is 1.66. The van der Waals surface area contributed by atoms with Crippen LogP contribution in [0.2, 0.25) is 0 Å². The summed E-state index contributed by atoms with van der Waals surface area (Å²) in [6, 6.07) is 13.1. The van der Waals surface area contributed by atoms with E-state index in [1.165, 1.54) is 16.8 Å². The molecular formula is C18H24N4. The van der Waals surface area contributed by atoms with Crippen molar-refractivity contribution in [2.45, 2.75) is 13.0 Å². The van der Waals surface area contributed by atoms with Gasteiger partial charge in [0, 0.05) is 56.8 Å². The van der Waals surface area contributed by atoms with Crippen molar-refractivity contribution < 1.29 is 0 Å². The van der Waals surface area contributed by atoms with E-state index in [0.29, 0.717) is 6.54 Å². The standard InChI is InChI=1S/C18H24N4/c1-15-4-2-6-17(12-15)21-8-10-22(11-9-21)18(13-19)16-5-3-7-20-14-16/h2-7,12,14,18H,8-11,13,19H2,1H3. The number of aromatic nitrogens is 1. The second-order valence-corrected chi connectivity index (χ2v) is 5.90. The average Bonchev–Trinajstić information content (AvgIpc) is 2.57. The van der Waals surface area contributed by atoms with Crippen LogP contribution in [-0.2, 0) is 0 Å². The predicted molar refractivity (Wildman–Crippen MR) is 91.0 cm³/mol. The Morgan fingerprint density at radius 3 is 2.59 bits per heavy atom. The lowest BCUT2D eigenvalue weighted by molar-refractivity contribution is 0.190. The van der Waals surface area contributed by atoms with Gasteiger partial charge in [0.25, 0.3) is 0 Å². The van der Waals surface area contributed by atoms with E-state index in [1.807, 2.05) is 18.5 Å². The molecular weight excluding hydrogens is 272 g/mol. The summed E-state index contributed by atoms with van der Waals surface area (Å²) in [7, 11) is 0. The number of rotatable bonds is 4. The normalized spacial score (nSPS) is 17.5. The van der Waals surface area contributed by atoms with Crippen LogP contribution in [-0.4, -0.2) is 42.6 Å². The summed E-state index contributed by atoms with van der Waals surface area (Å²) in [5.41, 5.74) is 9.87. The topological polar surface area (TPSA) is 45.4 Å². The van der Waals surface area contributed by atoms with Crippen molar-refractivity contribution in [3.63, 3.8) is 0 Å². The number of piperazine rings is 1. The molecule has 1 aliphatic rings. The van der Waals surface area contributed by atoms with Crippen LogP contribution in [0.1, 0.15) is 17.2 Å². The molecule has 0 amide bonds. The van der Waals surface area contributed by atoms with E-state index in [9.17, 15) is 0 Å². The van der Waals surface area contributed by atoms with Crippen LogP contribution in [0, 0.1) is 6.92 Å². The molecule has 0 bridgehead atoms. The zero-order chi connectivity index (χ0) is 15.4. The molecule has 0 spiro atoms. The van der Waals surface area contributed by atoms with E-state index in [-0.39, 0.29) is 6.04 Å². The maximum atomic E-state index is 6.02. The fourth-order valence-electron chi connectivity index (χ4n) is 3.19. The molecule has 2 aromatic rings. The minimum absolute atomic E-state index is 0.272. The molecule has 22 heavy (non-hydrogen) atoms. The lowest BCUT2D eigenvalue weighted by Gasteiger charge is -2.40. The van der Waals surface area contributed by atoms with Gasteiger partial charge >= 0.3 is 0 Å². The van der Waals surface area contributed by atoms with E-state index in [4.69, 9.17) is 5.73 Å². The van der Waals surface area contributed by atoms with E-state index < -0.39 is 0 Å². The number of anilines is 1. The highest BCUT2D eigenvalue weighted by Crippen LogP contribution is 2.23. The molecule has 4 nitrogen and oxygen atoms in total. The number of hydrogen-bond donors (Lipinski definition) is 1. The first-order chi connectivity index (χ1) is 10.8. The summed E-state index contributed by atoms with van der Waals surface area (Å²) in [5.74, 6) is 0. The number of nitrogens with two attached hydrogens (primary N) is 1. The molecule has 1 saturated heterocycles. The Kier molecular flexibility index (Phi) is 4.71. The van der Waals surface area contributed by atoms with E-state index in [2.05, 4.69) is 52.0 Å². The number of aryl methyl sites for hydroxylation is 1. The molecule has 1 aromatic heterocycles. The average molecular weight is 296 g/mol. The van der Waals surface area contributed by atoms with Gasteiger partial charge in [-0.05, 0) is 36.2 Å². The summed E-state index contributed by atoms with van der Waals surface area (Å²) in [4.78, 5) is 9.16. The van der Waals surface area contributed by atoms with Crippen molar-refractivity contribution in [3.05, 3.63) is 59.9 Å². The Morgan fingerprint density at radius 1 is 1.14 bits per heavy atom. The number of benzene rings is 1. The van der Waals surface area contributed by atoms with Gasteiger partial charge in [-0.25, -0.2) is 0 Å². The first-order valence-corrected chi connectivity index (χ1v) is 7.93. The van der Waals surface area contributed by atoms with Gasteiger partial charge in [0.1, 0.15) is 0 Å². The van der Waals surface area contributed by atoms with Gasteiger partial charge in [-0.15, -0.1) is 0 Å². The monoisotopic (exact) mass is 296 g/mol. The molecule has 1 unspecified atom stereocenters. The molecule has 0 saturated carbocycles. The lowest BCUT2D eigenvalue weighted by Crippen LogP contribution is -2.49. The van der Waals surface area contributed by atoms with Crippen LogP contribution in [0.3, 0.4) is 0 Å². The van der Waals surface area contributed by atoms with Crippen molar-refractivity contribution in [3.8, 4) is 0 Å². The quantitative estimate of drug-likeness (QED) is 0.939. The molecule has 3 rings (SSSR count). The van der Waals surface area contributed by atoms with Gasteiger partial charge in [-0.2, -0.15) is 0 Å². The maximum Gasteiger partial charge on any atom is 0.0487 e. The van der Waals surface area contributed by atoms with Crippen LogP contribution in [0.15, 0.2) is 48.8 Å². The second kappa shape index (κ2) is 6.90. The molecule has 2 heterocycles. The van der Waals surface area contributed by atoms with Gasteiger partial charge in [-0.1, -0.05) is 18.2 Å². The Labute approximate surface area is 132 Å². The lowest BCUT2D eigenvalue weighted by atomic mass is 10.1. The van der Waals surface area contributed by atoms with E-state index >= 15 is 0 Å². The SMILES string of the molecule is Cc1cccc(N2CCN(C(CN)c3cccnc3)CC2)c1.